The average Bonchev–Trinajstić information content (AvgIpc) is 2.70. The minimum absolute atomic E-state index is 0.323. The van der Waals surface area contributed by atoms with Gasteiger partial charge < -0.3 is 9.15 Å². The zero-order chi connectivity index (χ0) is 10.9. The molecule has 1 rings (SSSR count). The first-order chi connectivity index (χ1) is 7.33. The van der Waals surface area contributed by atoms with Gasteiger partial charge in [-0.2, -0.15) is 5.10 Å². The van der Waals surface area contributed by atoms with Gasteiger partial charge in [0, 0.05) is 6.21 Å². The highest BCUT2D eigenvalue weighted by Gasteiger charge is 1.93. The summed E-state index contributed by atoms with van der Waals surface area (Å²) in [6, 6.07) is 3.59. The van der Waals surface area contributed by atoms with E-state index in [0.717, 1.165) is 5.76 Å². The largest absolute Gasteiger partial charge is 0.465 e. The molecule has 0 radical (unpaired) electrons. The second-order valence-corrected chi connectivity index (χ2v) is 2.48. The highest BCUT2D eigenvalue weighted by atomic mass is 16.5. The van der Waals surface area contributed by atoms with E-state index in [1.807, 2.05) is 6.07 Å². The van der Waals surface area contributed by atoms with Crippen LogP contribution in [0.25, 0.3) is 6.08 Å². The zero-order valence-electron chi connectivity index (χ0n) is 8.34. The summed E-state index contributed by atoms with van der Waals surface area (Å²) in [4.78, 5) is 10.7. The summed E-state index contributed by atoms with van der Waals surface area (Å²) in [6.45, 7) is 2.05. The SMILES string of the molecule is CCOC(=O)N/N=C/C=C/c1ccco1. The molecule has 15 heavy (non-hydrogen) atoms. The molecule has 1 amide bonds. The van der Waals surface area contributed by atoms with Gasteiger partial charge in [0.2, 0.25) is 0 Å². The van der Waals surface area contributed by atoms with Gasteiger partial charge in [-0.15, -0.1) is 0 Å². The maximum atomic E-state index is 10.7. The zero-order valence-corrected chi connectivity index (χ0v) is 8.34. The molecule has 0 bridgehead atoms. The van der Waals surface area contributed by atoms with Crippen LogP contribution in [0.2, 0.25) is 0 Å². The van der Waals surface area contributed by atoms with Crippen molar-refractivity contribution in [1.29, 1.82) is 0 Å². The van der Waals surface area contributed by atoms with Crippen LogP contribution in [0.4, 0.5) is 4.79 Å². The number of allylic oxidation sites excluding steroid dienone is 1. The first kappa shape index (κ1) is 11.0. The van der Waals surface area contributed by atoms with Crippen LogP contribution in [0.1, 0.15) is 12.7 Å². The van der Waals surface area contributed by atoms with Crippen molar-refractivity contribution < 1.29 is 13.9 Å². The summed E-state index contributed by atoms with van der Waals surface area (Å²) in [5.74, 6) is 0.720. The van der Waals surface area contributed by atoms with Gasteiger partial charge in [0.25, 0.3) is 0 Å². The van der Waals surface area contributed by atoms with Crippen molar-refractivity contribution in [1.82, 2.24) is 5.43 Å². The maximum Gasteiger partial charge on any atom is 0.427 e. The lowest BCUT2D eigenvalue weighted by Crippen LogP contribution is -2.18. The summed E-state index contributed by atoms with van der Waals surface area (Å²) < 4.78 is 9.63. The van der Waals surface area contributed by atoms with E-state index < -0.39 is 6.09 Å². The number of furan rings is 1. The second-order valence-electron chi connectivity index (χ2n) is 2.48. The summed E-state index contributed by atoms with van der Waals surface area (Å²) >= 11 is 0. The fourth-order valence-electron chi connectivity index (χ4n) is 0.820. The number of nitrogens with zero attached hydrogens (tertiary/aromatic N) is 1. The van der Waals surface area contributed by atoms with Crippen molar-refractivity contribution in [3.8, 4) is 0 Å². The van der Waals surface area contributed by atoms with E-state index in [2.05, 4.69) is 15.3 Å². The van der Waals surface area contributed by atoms with E-state index in [1.165, 1.54) is 6.21 Å². The fourth-order valence-corrected chi connectivity index (χ4v) is 0.820. The van der Waals surface area contributed by atoms with Crippen molar-refractivity contribution in [2.45, 2.75) is 6.92 Å². The van der Waals surface area contributed by atoms with Crippen molar-refractivity contribution in [3.05, 3.63) is 30.2 Å². The molecule has 0 unspecified atom stereocenters. The van der Waals surface area contributed by atoms with Gasteiger partial charge in [-0.25, -0.2) is 10.2 Å². The molecule has 5 heteroatoms. The Balaban J connectivity index is 2.25. The number of carbonyl (C=O) groups is 1. The highest BCUT2D eigenvalue weighted by molar-refractivity contribution is 5.78. The van der Waals surface area contributed by atoms with Crippen LogP contribution in [0.5, 0.6) is 0 Å². The third-order valence-electron chi connectivity index (χ3n) is 1.40. The molecule has 1 aromatic heterocycles. The van der Waals surface area contributed by atoms with Crippen LogP contribution in [-0.2, 0) is 4.74 Å². The molecular weight excluding hydrogens is 196 g/mol. The van der Waals surface area contributed by atoms with Gasteiger partial charge >= 0.3 is 6.09 Å². The Morgan fingerprint density at radius 3 is 3.27 bits per heavy atom. The number of ether oxygens (including phenoxy) is 1. The lowest BCUT2D eigenvalue weighted by molar-refractivity contribution is 0.152. The van der Waals surface area contributed by atoms with E-state index in [4.69, 9.17) is 4.42 Å². The Hall–Kier alpha value is -2.04. The van der Waals surface area contributed by atoms with Crippen molar-refractivity contribution in [3.63, 3.8) is 0 Å². The van der Waals surface area contributed by atoms with Crippen molar-refractivity contribution in [2.75, 3.05) is 6.61 Å². The fraction of sp³-hybridized carbons (Fsp3) is 0.200. The Morgan fingerprint density at radius 2 is 2.60 bits per heavy atom. The molecule has 0 saturated heterocycles. The molecule has 0 saturated carbocycles. The minimum atomic E-state index is -0.569. The molecule has 0 spiro atoms. The van der Waals surface area contributed by atoms with Gasteiger partial charge in [-0.05, 0) is 31.2 Å². The minimum Gasteiger partial charge on any atom is -0.465 e. The number of nitrogens with one attached hydrogen (secondary N) is 1. The van der Waals surface area contributed by atoms with E-state index in [1.54, 1.807) is 31.4 Å². The quantitative estimate of drug-likeness (QED) is 0.608. The van der Waals surface area contributed by atoms with Gasteiger partial charge in [-0.3, -0.25) is 0 Å². The molecule has 80 valence electrons. The Morgan fingerprint density at radius 1 is 1.73 bits per heavy atom. The number of hydrazone groups is 1. The molecular formula is C10H12N2O3. The van der Waals surface area contributed by atoms with Crippen molar-refractivity contribution in [2.24, 2.45) is 5.10 Å². The van der Waals surface area contributed by atoms with Crippen LogP contribution < -0.4 is 5.43 Å². The standard InChI is InChI=1S/C10H12N2O3/c1-2-14-10(13)12-11-7-3-5-9-6-4-8-15-9/h3-8H,2H2,1H3,(H,12,13)/b5-3+,11-7+. The third-order valence-corrected chi connectivity index (χ3v) is 1.40. The van der Waals surface area contributed by atoms with E-state index >= 15 is 0 Å². The molecule has 0 aliphatic carbocycles. The van der Waals surface area contributed by atoms with Crippen LogP contribution in [-0.4, -0.2) is 18.9 Å². The number of carbonyl (C=O) groups excluding carboxylic acids is 1. The Labute approximate surface area is 87.4 Å². The van der Waals surface area contributed by atoms with Gasteiger partial charge in [0.1, 0.15) is 5.76 Å². The van der Waals surface area contributed by atoms with E-state index in [9.17, 15) is 4.79 Å². The molecule has 0 atom stereocenters. The first-order valence-corrected chi connectivity index (χ1v) is 4.49. The second kappa shape index (κ2) is 6.42. The monoisotopic (exact) mass is 208 g/mol. The van der Waals surface area contributed by atoms with Crippen LogP contribution in [0, 0.1) is 0 Å². The smallest absolute Gasteiger partial charge is 0.427 e. The predicted octanol–water partition coefficient (Wildman–Crippen LogP) is 2.02. The summed E-state index contributed by atoms with van der Waals surface area (Å²) in [6.07, 6.45) is 5.80. The molecule has 1 N–H and O–H groups in total. The Bertz CT molecular complexity index is 342. The molecule has 5 nitrogen and oxygen atoms in total. The van der Waals surface area contributed by atoms with Crippen molar-refractivity contribution >= 4 is 18.4 Å². The van der Waals surface area contributed by atoms with Crippen LogP contribution in [0.15, 0.2) is 34.0 Å². The number of hydrogen-bond acceptors (Lipinski definition) is 4. The van der Waals surface area contributed by atoms with Crippen LogP contribution in [0.3, 0.4) is 0 Å². The average molecular weight is 208 g/mol. The van der Waals surface area contributed by atoms with E-state index in [0.29, 0.717) is 6.61 Å². The molecule has 0 aliphatic heterocycles. The number of rotatable bonds is 4. The lowest BCUT2D eigenvalue weighted by atomic mass is 10.4. The molecule has 0 fully saturated rings. The number of hydrogen-bond donors (Lipinski definition) is 1. The number of amides is 1. The first-order valence-electron chi connectivity index (χ1n) is 4.49. The summed E-state index contributed by atoms with van der Waals surface area (Å²) in [7, 11) is 0. The molecule has 1 aromatic rings. The summed E-state index contributed by atoms with van der Waals surface area (Å²) in [5, 5.41) is 3.61. The van der Waals surface area contributed by atoms with Crippen LogP contribution >= 0.6 is 0 Å². The summed E-state index contributed by atoms with van der Waals surface area (Å²) in [5.41, 5.74) is 2.19. The lowest BCUT2D eigenvalue weighted by Gasteiger charge is -1.97. The Kier molecular flexibility index (Phi) is 4.72. The molecule has 0 aliphatic rings. The molecule has 1 heterocycles. The van der Waals surface area contributed by atoms with Gasteiger partial charge in [0.05, 0.1) is 12.9 Å². The molecule has 0 aromatic carbocycles. The highest BCUT2D eigenvalue weighted by Crippen LogP contribution is 2.00. The maximum absolute atomic E-state index is 10.7. The van der Waals surface area contributed by atoms with E-state index in [-0.39, 0.29) is 0 Å². The third kappa shape index (κ3) is 4.66. The van der Waals surface area contributed by atoms with Gasteiger partial charge in [-0.1, -0.05) is 0 Å². The topological polar surface area (TPSA) is 63.8 Å². The predicted molar refractivity (Wildman–Crippen MR) is 56.4 cm³/mol. The van der Waals surface area contributed by atoms with Gasteiger partial charge in [0.15, 0.2) is 0 Å². The normalized spacial score (nSPS) is 11.0.